The molecule has 2 aliphatic rings. The van der Waals surface area contributed by atoms with Crippen molar-refractivity contribution < 1.29 is 14.3 Å². The van der Waals surface area contributed by atoms with E-state index in [-0.39, 0.29) is 17.8 Å². The van der Waals surface area contributed by atoms with Crippen LogP contribution in [0.4, 0.5) is 4.79 Å². The van der Waals surface area contributed by atoms with Crippen LogP contribution in [0.3, 0.4) is 0 Å². The van der Waals surface area contributed by atoms with Crippen LogP contribution >= 0.6 is 11.6 Å². The lowest BCUT2D eigenvalue weighted by molar-refractivity contribution is 0.0156. The number of fused-ring (bicyclic) bond motifs is 1. The number of ether oxygens (including phenoxy) is 2. The summed E-state index contributed by atoms with van der Waals surface area (Å²) < 4.78 is 13.4. The predicted octanol–water partition coefficient (Wildman–Crippen LogP) is 5.74. The van der Waals surface area contributed by atoms with Gasteiger partial charge in [-0.05, 0) is 81.5 Å². The lowest BCUT2D eigenvalue weighted by atomic mass is 9.95. The minimum Gasteiger partial charge on any atom is -0.489 e. The maximum atomic E-state index is 12.5. The molecule has 214 valence electrons. The molecule has 0 N–H and O–H groups in total. The van der Waals surface area contributed by atoms with Gasteiger partial charge in [-0.15, -0.1) is 0 Å². The molecule has 0 saturated carbocycles. The smallest absolute Gasteiger partial charge is 0.410 e. The molecule has 4 heterocycles. The van der Waals surface area contributed by atoms with Crippen LogP contribution in [-0.4, -0.2) is 69.9 Å². The molecule has 2 aromatic heterocycles. The molecule has 2 saturated heterocycles. The SMILES string of the molecule is Cn1cc(-c2ccc(OC3CCN(CC4CCN(C(=O)OC(C)(C)C)CC4)CC3)c(Cl)c2)c2ccncc2c1=O. The Morgan fingerprint density at radius 2 is 1.77 bits per heavy atom. The van der Waals surface area contributed by atoms with Crippen molar-refractivity contribution in [3.8, 4) is 16.9 Å². The Kier molecular flexibility index (Phi) is 8.38. The summed E-state index contributed by atoms with van der Waals surface area (Å²) >= 11 is 6.69. The molecule has 0 unspecified atom stereocenters. The zero-order valence-electron chi connectivity index (χ0n) is 23.9. The average Bonchev–Trinajstić information content (AvgIpc) is 2.92. The molecule has 3 aromatic rings. The molecule has 2 aliphatic heterocycles. The monoisotopic (exact) mass is 566 g/mol. The van der Waals surface area contributed by atoms with Gasteiger partial charge in [0.2, 0.25) is 0 Å². The number of rotatable bonds is 5. The van der Waals surface area contributed by atoms with Gasteiger partial charge in [0.1, 0.15) is 17.5 Å². The second kappa shape index (κ2) is 11.8. The first-order valence-corrected chi connectivity index (χ1v) is 14.6. The highest BCUT2D eigenvalue weighted by Crippen LogP contribution is 2.34. The highest BCUT2D eigenvalue weighted by atomic mass is 35.5. The van der Waals surface area contributed by atoms with Crippen molar-refractivity contribution in [2.24, 2.45) is 13.0 Å². The molecule has 0 spiro atoms. The highest BCUT2D eigenvalue weighted by Gasteiger charge is 2.29. The van der Waals surface area contributed by atoms with Crippen molar-refractivity contribution in [2.75, 3.05) is 32.7 Å². The first kappa shape index (κ1) is 28.4. The van der Waals surface area contributed by atoms with E-state index in [2.05, 4.69) is 9.88 Å². The standard InChI is InChI=1S/C31H39ClN4O4/c1-31(2,3)40-30(38)36-15-8-21(9-16-36)19-35-13-10-23(11-14-35)39-28-6-5-22(17-27(28)32)26-20-34(4)29(37)25-18-33-12-7-24(25)26/h5-7,12,17-18,20-21,23H,8-11,13-16,19H2,1-4H3. The summed E-state index contributed by atoms with van der Waals surface area (Å²) in [6.45, 7) is 10.3. The van der Waals surface area contributed by atoms with Gasteiger partial charge in [0.05, 0.1) is 10.4 Å². The van der Waals surface area contributed by atoms with Gasteiger partial charge < -0.3 is 23.8 Å². The van der Waals surface area contributed by atoms with Gasteiger partial charge in [-0.3, -0.25) is 9.78 Å². The van der Waals surface area contributed by atoms with Crippen molar-refractivity contribution in [3.63, 3.8) is 0 Å². The summed E-state index contributed by atoms with van der Waals surface area (Å²) in [5.74, 6) is 1.29. The van der Waals surface area contributed by atoms with E-state index in [9.17, 15) is 9.59 Å². The Morgan fingerprint density at radius 1 is 1.05 bits per heavy atom. The number of benzene rings is 1. The fraction of sp³-hybridized carbons (Fsp3) is 0.516. The zero-order chi connectivity index (χ0) is 28.4. The van der Waals surface area contributed by atoms with Gasteiger partial charge in [-0.1, -0.05) is 17.7 Å². The summed E-state index contributed by atoms with van der Waals surface area (Å²) in [7, 11) is 1.75. The maximum absolute atomic E-state index is 12.5. The number of halogens is 1. The Labute approximate surface area is 240 Å². The molecule has 9 heteroatoms. The van der Waals surface area contributed by atoms with Gasteiger partial charge in [0, 0.05) is 63.9 Å². The van der Waals surface area contributed by atoms with Gasteiger partial charge >= 0.3 is 6.09 Å². The molecule has 1 amide bonds. The van der Waals surface area contributed by atoms with Crippen LogP contribution in [0.15, 0.2) is 47.7 Å². The van der Waals surface area contributed by atoms with E-state index in [0.29, 0.717) is 22.1 Å². The van der Waals surface area contributed by atoms with E-state index in [0.717, 1.165) is 74.9 Å². The minimum absolute atomic E-state index is 0.0736. The van der Waals surface area contributed by atoms with Crippen LogP contribution < -0.4 is 10.3 Å². The molecule has 8 nitrogen and oxygen atoms in total. The third-order valence-corrected chi connectivity index (χ3v) is 8.13. The van der Waals surface area contributed by atoms with Crippen molar-refractivity contribution >= 4 is 28.5 Å². The molecule has 40 heavy (non-hydrogen) atoms. The first-order valence-electron chi connectivity index (χ1n) is 14.2. The Bertz CT molecular complexity index is 1420. The van der Waals surface area contributed by atoms with Crippen molar-refractivity contribution in [1.29, 1.82) is 0 Å². The van der Waals surface area contributed by atoms with Crippen LogP contribution in [0, 0.1) is 5.92 Å². The number of hydrogen-bond donors (Lipinski definition) is 0. The van der Waals surface area contributed by atoms with E-state index in [1.54, 1.807) is 24.0 Å². The normalized spacial score (nSPS) is 17.8. The second-order valence-corrected chi connectivity index (χ2v) is 12.5. The van der Waals surface area contributed by atoms with Crippen molar-refractivity contribution in [3.05, 3.63) is 58.2 Å². The van der Waals surface area contributed by atoms with Crippen LogP contribution in [-0.2, 0) is 11.8 Å². The molecular weight excluding hydrogens is 528 g/mol. The minimum atomic E-state index is -0.456. The van der Waals surface area contributed by atoms with Crippen LogP contribution in [0.2, 0.25) is 5.02 Å². The number of carbonyl (C=O) groups excluding carboxylic acids is 1. The number of carbonyl (C=O) groups is 1. The number of likely N-dealkylation sites (tertiary alicyclic amines) is 2. The van der Waals surface area contributed by atoms with E-state index in [1.807, 2.05) is 56.1 Å². The average molecular weight is 567 g/mol. The van der Waals surface area contributed by atoms with Gasteiger partial charge in [0.15, 0.2) is 0 Å². The number of pyridine rings is 2. The molecule has 5 rings (SSSR count). The second-order valence-electron chi connectivity index (χ2n) is 12.1. The van der Waals surface area contributed by atoms with Crippen molar-refractivity contribution in [2.45, 2.75) is 58.2 Å². The number of hydrogen-bond acceptors (Lipinski definition) is 6. The Hall–Kier alpha value is -3.10. The lowest BCUT2D eigenvalue weighted by Gasteiger charge is -2.38. The summed E-state index contributed by atoms with van der Waals surface area (Å²) in [6, 6.07) is 7.71. The summed E-state index contributed by atoms with van der Waals surface area (Å²) in [4.78, 5) is 33.4. The Balaban J connectivity index is 1.13. The van der Waals surface area contributed by atoms with Crippen LogP contribution in [0.25, 0.3) is 21.9 Å². The molecule has 1 aromatic carbocycles. The molecule has 2 fully saturated rings. The predicted molar refractivity (Wildman–Crippen MR) is 158 cm³/mol. The number of amides is 1. The van der Waals surface area contributed by atoms with E-state index >= 15 is 0 Å². The highest BCUT2D eigenvalue weighted by molar-refractivity contribution is 6.32. The fourth-order valence-electron chi connectivity index (χ4n) is 5.68. The number of aromatic nitrogens is 2. The Morgan fingerprint density at radius 3 is 2.45 bits per heavy atom. The molecule has 0 aliphatic carbocycles. The maximum Gasteiger partial charge on any atom is 0.410 e. The van der Waals surface area contributed by atoms with E-state index < -0.39 is 5.60 Å². The third-order valence-electron chi connectivity index (χ3n) is 7.84. The first-order chi connectivity index (χ1) is 19.1. The van der Waals surface area contributed by atoms with Crippen LogP contribution in [0.1, 0.15) is 46.5 Å². The van der Waals surface area contributed by atoms with E-state index in [1.165, 1.54) is 0 Å². The number of aryl methyl sites for hydroxylation is 1. The molecule has 0 atom stereocenters. The summed E-state index contributed by atoms with van der Waals surface area (Å²) in [6.07, 6.45) is 9.00. The molecule has 0 bridgehead atoms. The fourth-order valence-corrected chi connectivity index (χ4v) is 5.91. The van der Waals surface area contributed by atoms with Crippen molar-refractivity contribution in [1.82, 2.24) is 19.4 Å². The third kappa shape index (κ3) is 6.61. The summed E-state index contributed by atoms with van der Waals surface area (Å²) in [5, 5.41) is 2.00. The van der Waals surface area contributed by atoms with Gasteiger partial charge in [-0.2, -0.15) is 0 Å². The summed E-state index contributed by atoms with van der Waals surface area (Å²) in [5.41, 5.74) is 1.33. The lowest BCUT2D eigenvalue weighted by Crippen LogP contribution is -2.45. The number of nitrogens with zero attached hydrogens (tertiary/aromatic N) is 4. The molecular formula is C31H39ClN4O4. The van der Waals surface area contributed by atoms with Crippen LogP contribution in [0.5, 0.6) is 5.75 Å². The largest absolute Gasteiger partial charge is 0.489 e. The quantitative estimate of drug-likeness (QED) is 0.392. The van der Waals surface area contributed by atoms with E-state index in [4.69, 9.17) is 21.1 Å². The van der Waals surface area contributed by atoms with Gasteiger partial charge in [-0.25, -0.2) is 4.79 Å². The van der Waals surface area contributed by atoms with Gasteiger partial charge in [0.25, 0.3) is 5.56 Å². The number of piperidine rings is 2. The molecule has 0 radical (unpaired) electrons. The topological polar surface area (TPSA) is 76.9 Å². The zero-order valence-corrected chi connectivity index (χ0v) is 24.6.